The minimum absolute atomic E-state index is 0.105. The molecule has 124 valence electrons. The van der Waals surface area contributed by atoms with Gasteiger partial charge in [-0.3, -0.25) is 0 Å². The molecule has 2 atom stereocenters. The molecule has 0 saturated heterocycles. The third-order valence-electron chi connectivity index (χ3n) is 5.59. The molecule has 0 heterocycles. The topological polar surface area (TPSA) is 21.3 Å². The van der Waals surface area contributed by atoms with Crippen molar-refractivity contribution in [3.05, 3.63) is 0 Å². The summed E-state index contributed by atoms with van der Waals surface area (Å²) in [6.07, 6.45) is 10.8. The van der Waals surface area contributed by atoms with E-state index in [1.165, 1.54) is 51.4 Å². The molecule has 2 rings (SSSR count). The second-order valence-electron chi connectivity index (χ2n) is 8.90. The van der Waals surface area contributed by atoms with Gasteiger partial charge in [0.2, 0.25) is 0 Å². The second kappa shape index (κ2) is 7.00. The molecule has 1 N–H and O–H groups in total. The lowest BCUT2D eigenvalue weighted by Gasteiger charge is -2.45. The van der Waals surface area contributed by atoms with Crippen LogP contribution in [0, 0.1) is 11.3 Å². The molecule has 0 aromatic heterocycles. The molecule has 2 aliphatic rings. The van der Waals surface area contributed by atoms with Gasteiger partial charge in [0.25, 0.3) is 0 Å². The molecule has 2 saturated carbocycles. The first kappa shape index (κ1) is 17.3. The van der Waals surface area contributed by atoms with Crippen molar-refractivity contribution in [3.63, 3.8) is 0 Å². The summed E-state index contributed by atoms with van der Waals surface area (Å²) in [4.78, 5) is 0. The van der Waals surface area contributed by atoms with Crippen LogP contribution >= 0.6 is 0 Å². The van der Waals surface area contributed by atoms with Gasteiger partial charge in [-0.05, 0) is 49.9 Å². The molecule has 0 radical (unpaired) electrons. The SMILES string of the molecule is CC1CCCC(CNC(C)C)(OC2CCC(C)(C)CC2)C1. The zero-order valence-corrected chi connectivity index (χ0v) is 15.0. The van der Waals surface area contributed by atoms with Crippen LogP contribution in [0.4, 0.5) is 0 Å². The fraction of sp³-hybridized carbons (Fsp3) is 1.00. The van der Waals surface area contributed by atoms with Crippen molar-refractivity contribution in [2.45, 2.75) is 104 Å². The Bertz CT molecular complexity index is 316. The van der Waals surface area contributed by atoms with E-state index in [1.54, 1.807) is 0 Å². The van der Waals surface area contributed by atoms with Gasteiger partial charge in [-0.25, -0.2) is 0 Å². The number of hydrogen-bond acceptors (Lipinski definition) is 2. The van der Waals surface area contributed by atoms with Crippen molar-refractivity contribution in [1.82, 2.24) is 5.32 Å². The largest absolute Gasteiger partial charge is 0.370 e. The maximum Gasteiger partial charge on any atom is 0.0812 e. The molecule has 0 bridgehead atoms. The van der Waals surface area contributed by atoms with E-state index in [9.17, 15) is 0 Å². The van der Waals surface area contributed by atoms with Crippen molar-refractivity contribution < 1.29 is 4.74 Å². The molecule has 2 unspecified atom stereocenters. The van der Waals surface area contributed by atoms with Gasteiger partial charge in [-0.15, -0.1) is 0 Å². The Morgan fingerprint density at radius 2 is 1.76 bits per heavy atom. The summed E-state index contributed by atoms with van der Waals surface area (Å²) in [7, 11) is 0. The molecule has 2 nitrogen and oxygen atoms in total. The van der Waals surface area contributed by atoms with Crippen molar-refractivity contribution in [2.75, 3.05) is 6.54 Å². The first-order valence-electron chi connectivity index (χ1n) is 9.21. The Hall–Kier alpha value is -0.0800. The zero-order chi connectivity index (χ0) is 15.5. The van der Waals surface area contributed by atoms with Gasteiger partial charge in [-0.2, -0.15) is 0 Å². The normalized spacial score (nSPS) is 34.3. The molecule has 0 aromatic rings. The van der Waals surface area contributed by atoms with E-state index < -0.39 is 0 Å². The lowest BCUT2D eigenvalue weighted by Crippen LogP contribution is -2.50. The predicted octanol–water partition coefficient (Wildman–Crippen LogP) is 4.92. The quantitative estimate of drug-likeness (QED) is 0.777. The fourth-order valence-electron chi connectivity index (χ4n) is 4.16. The summed E-state index contributed by atoms with van der Waals surface area (Å²) in [5, 5.41) is 3.66. The third-order valence-corrected chi connectivity index (χ3v) is 5.59. The molecule has 2 heteroatoms. The van der Waals surface area contributed by atoms with E-state index in [2.05, 4.69) is 39.9 Å². The van der Waals surface area contributed by atoms with Gasteiger partial charge in [0.05, 0.1) is 11.7 Å². The highest BCUT2D eigenvalue weighted by atomic mass is 16.5. The predicted molar refractivity (Wildman–Crippen MR) is 90.6 cm³/mol. The van der Waals surface area contributed by atoms with E-state index in [0.29, 0.717) is 17.6 Å². The van der Waals surface area contributed by atoms with Crippen LogP contribution in [0.1, 0.15) is 86.0 Å². The molecule has 0 aliphatic heterocycles. The summed E-state index contributed by atoms with van der Waals surface area (Å²) in [5.41, 5.74) is 0.636. The maximum atomic E-state index is 6.77. The van der Waals surface area contributed by atoms with Crippen molar-refractivity contribution in [2.24, 2.45) is 11.3 Å². The van der Waals surface area contributed by atoms with Gasteiger partial charge in [-0.1, -0.05) is 47.5 Å². The van der Waals surface area contributed by atoms with Crippen LogP contribution in [0.2, 0.25) is 0 Å². The maximum absolute atomic E-state index is 6.77. The Morgan fingerprint density at radius 1 is 1.10 bits per heavy atom. The third kappa shape index (κ3) is 5.25. The number of ether oxygens (including phenoxy) is 1. The summed E-state index contributed by atoms with van der Waals surface area (Å²) in [6.45, 7) is 12.7. The Labute approximate surface area is 132 Å². The highest BCUT2D eigenvalue weighted by molar-refractivity contribution is 4.92. The fourth-order valence-corrected chi connectivity index (χ4v) is 4.16. The summed E-state index contributed by atoms with van der Waals surface area (Å²) in [6, 6.07) is 0.549. The number of hydrogen-bond donors (Lipinski definition) is 1. The molecule has 2 aliphatic carbocycles. The monoisotopic (exact) mass is 295 g/mol. The Kier molecular flexibility index (Phi) is 5.76. The molecule has 0 spiro atoms. The first-order valence-corrected chi connectivity index (χ1v) is 9.21. The first-order chi connectivity index (χ1) is 9.80. The highest BCUT2D eigenvalue weighted by Crippen LogP contribution is 2.41. The average Bonchev–Trinajstić information content (AvgIpc) is 2.39. The minimum atomic E-state index is 0.105. The van der Waals surface area contributed by atoms with E-state index in [0.717, 1.165) is 12.5 Å². The molecule has 2 fully saturated rings. The van der Waals surface area contributed by atoms with E-state index in [1.807, 2.05) is 0 Å². The second-order valence-corrected chi connectivity index (χ2v) is 8.90. The van der Waals surface area contributed by atoms with E-state index in [4.69, 9.17) is 4.74 Å². The van der Waals surface area contributed by atoms with Crippen LogP contribution in [0.5, 0.6) is 0 Å². The van der Waals surface area contributed by atoms with Gasteiger partial charge in [0.15, 0.2) is 0 Å². The van der Waals surface area contributed by atoms with E-state index in [-0.39, 0.29) is 5.60 Å². The Balaban J connectivity index is 1.95. The Morgan fingerprint density at radius 3 is 2.33 bits per heavy atom. The van der Waals surface area contributed by atoms with Crippen LogP contribution in [-0.4, -0.2) is 24.3 Å². The van der Waals surface area contributed by atoms with Gasteiger partial charge in [0, 0.05) is 12.6 Å². The van der Waals surface area contributed by atoms with E-state index >= 15 is 0 Å². The molecule has 0 amide bonds. The molecule has 0 aromatic carbocycles. The standard InChI is InChI=1S/C19H37NO/c1-15(2)20-14-19(10-6-7-16(3)13-19)21-17-8-11-18(4,5)12-9-17/h15-17,20H,6-14H2,1-5H3. The van der Waals surface area contributed by atoms with Crippen LogP contribution < -0.4 is 5.32 Å². The molecular weight excluding hydrogens is 258 g/mol. The lowest BCUT2D eigenvalue weighted by atomic mass is 9.75. The number of nitrogens with one attached hydrogen (secondary N) is 1. The molecular formula is C19H37NO. The van der Waals surface area contributed by atoms with Gasteiger partial charge in [0.1, 0.15) is 0 Å². The van der Waals surface area contributed by atoms with Crippen molar-refractivity contribution in [3.8, 4) is 0 Å². The average molecular weight is 296 g/mol. The lowest BCUT2D eigenvalue weighted by molar-refractivity contribution is -0.136. The van der Waals surface area contributed by atoms with Gasteiger partial charge < -0.3 is 10.1 Å². The number of rotatable bonds is 5. The van der Waals surface area contributed by atoms with Crippen LogP contribution in [0.15, 0.2) is 0 Å². The molecule has 21 heavy (non-hydrogen) atoms. The zero-order valence-electron chi connectivity index (χ0n) is 15.0. The van der Waals surface area contributed by atoms with Crippen LogP contribution in [0.25, 0.3) is 0 Å². The van der Waals surface area contributed by atoms with Gasteiger partial charge >= 0.3 is 0 Å². The van der Waals surface area contributed by atoms with Crippen LogP contribution in [-0.2, 0) is 4.74 Å². The highest BCUT2D eigenvalue weighted by Gasteiger charge is 2.39. The smallest absolute Gasteiger partial charge is 0.0812 e. The summed E-state index contributed by atoms with van der Waals surface area (Å²) in [5.74, 6) is 0.813. The van der Waals surface area contributed by atoms with Crippen molar-refractivity contribution >= 4 is 0 Å². The minimum Gasteiger partial charge on any atom is -0.370 e. The summed E-state index contributed by atoms with van der Waals surface area (Å²) < 4.78 is 6.77. The van der Waals surface area contributed by atoms with Crippen LogP contribution in [0.3, 0.4) is 0 Å². The van der Waals surface area contributed by atoms with Crippen molar-refractivity contribution in [1.29, 1.82) is 0 Å². The summed E-state index contributed by atoms with van der Waals surface area (Å²) >= 11 is 0.